The monoisotopic (exact) mass is 546 g/mol. The summed E-state index contributed by atoms with van der Waals surface area (Å²) in [5, 5.41) is 15.5. The number of anilines is 1. The molecule has 2 aromatic carbocycles. The predicted molar refractivity (Wildman–Crippen MR) is 125 cm³/mol. The number of allylic oxidation sites excluding steroid dienone is 1. The fourth-order valence-corrected chi connectivity index (χ4v) is 5.10. The minimum Gasteiger partial charge on any atom is -0.466 e. The predicted octanol–water partition coefficient (Wildman–Crippen LogP) is 1.99. The highest BCUT2D eigenvalue weighted by molar-refractivity contribution is 9.10. The van der Waals surface area contributed by atoms with Crippen LogP contribution in [0.1, 0.15) is 11.5 Å². The smallest absolute Gasteiger partial charge is 0.355 e. The van der Waals surface area contributed by atoms with Crippen LogP contribution in [0.4, 0.5) is 5.69 Å². The SMILES string of the molecule is COC(=O)C1=C(C(=O)OC)N(c2c(Br)cccc2S(N)(=O)=O)C(N)=C(C#N)C1c1ccccc1. The summed E-state index contributed by atoms with van der Waals surface area (Å²) in [6.07, 6.45) is 0. The zero-order valence-corrected chi connectivity index (χ0v) is 20.4. The highest BCUT2D eigenvalue weighted by Crippen LogP contribution is 2.46. The van der Waals surface area contributed by atoms with E-state index >= 15 is 0 Å². The highest BCUT2D eigenvalue weighted by Gasteiger charge is 2.44. The van der Waals surface area contributed by atoms with Gasteiger partial charge in [-0.15, -0.1) is 0 Å². The Labute approximate surface area is 204 Å². The number of nitrogens with two attached hydrogens (primary N) is 2. The number of para-hydroxylation sites is 1. The van der Waals surface area contributed by atoms with Crippen molar-refractivity contribution in [3.63, 3.8) is 0 Å². The van der Waals surface area contributed by atoms with E-state index in [0.29, 0.717) is 5.56 Å². The molecule has 4 N–H and O–H groups in total. The van der Waals surface area contributed by atoms with Gasteiger partial charge in [0, 0.05) is 4.47 Å². The van der Waals surface area contributed by atoms with Crippen molar-refractivity contribution in [2.24, 2.45) is 10.9 Å². The molecule has 0 aromatic heterocycles. The number of halogens is 1. The van der Waals surface area contributed by atoms with Crippen LogP contribution in [0.2, 0.25) is 0 Å². The summed E-state index contributed by atoms with van der Waals surface area (Å²) in [6.45, 7) is 0. The highest BCUT2D eigenvalue weighted by atomic mass is 79.9. The maximum Gasteiger partial charge on any atom is 0.355 e. The number of hydrogen-bond donors (Lipinski definition) is 2. The van der Waals surface area contributed by atoms with Gasteiger partial charge in [-0.2, -0.15) is 5.26 Å². The molecule has 12 heteroatoms. The Morgan fingerprint density at radius 2 is 1.68 bits per heavy atom. The molecule has 0 saturated carbocycles. The molecule has 1 aliphatic heterocycles. The van der Waals surface area contributed by atoms with E-state index in [1.54, 1.807) is 30.3 Å². The lowest BCUT2D eigenvalue weighted by atomic mass is 9.81. The van der Waals surface area contributed by atoms with Crippen molar-refractivity contribution in [3.05, 3.63) is 81.2 Å². The molecular weight excluding hydrogens is 528 g/mol. The van der Waals surface area contributed by atoms with Crippen LogP contribution in [-0.4, -0.2) is 34.6 Å². The van der Waals surface area contributed by atoms with Gasteiger partial charge in [-0.25, -0.2) is 23.1 Å². The molecule has 0 bridgehead atoms. The third kappa shape index (κ3) is 4.28. The second kappa shape index (κ2) is 9.68. The van der Waals surface area contributed by atoms with Gasteiger partial charge < -0.3 is 15.2 Å². The second-order valence-electron chi connectivity index (χ2n) is 6.97. The van der Waals surface area contributed by atoms with Gasteiger partial charge in [0.05, 0.1) is 43.0 Å². The van der Waals surface area contributed by atoms with Gasteiger partial charge in [0.2, 0.25) is 10.0 Å². The molecule has 1 unspecified atom stereocenters. The van der Waals surface area contributed by atoms with Gasteiger partial charge in [-0.3, -0.25) is 4.90 Å². The van der Waals surface area contributed by atoms with Crippen molar-refractivity contribution in [1.29, 1.82) is 5.26 Å². The van der Waals surface area contributed by atoms with Gasteiger partial charge in [-0.05, 0) is 33.6 Å². The van der Waals surface area contributed by atoms with E-state index in [2.05, 4.69) is 15.9 Å². The Morgan fingerprint density at radius 1 is 1.06 bits per heavy atom. The first-order valence-electron chi connectivity index (χ1n) is 9.55. The minimum absolute atomic E-state index is 0.115. The van der Waals surface area contributed by atoms with Gasteiger partial charge in [0.25, 0.3) is 0 Å². The summed E-state index contributed by atoms with van der Waals surface area (Å²) in [7, 11) is -2.15. The zero-order chi connectivity index (χ0) is 25.2. The molecule has 0 aliphatic carbocycles. The summed E-state index contributed by atoms with van der Waals surface area (Å²) in [5.41, 5.74) is 5.89. The second-order valence-corrected chi connectivity index (χ2v) is 9.35. The zero-order valence-electron chi connectivity index (χ0n) is 18.0. The van der Waals surface area contributed by atoms with Crippen LogP contribution in [0.5, 0.6) is 0 Å². The summed E-state index contributed by atoms with van der Waals surface area (Å²) < 4.78 is 34.8. The quantitative estimate of drug-likeness (QED) is 0.533. The molecule has 34 heavy (non-hydrogen) atoms. The molecule has 1 atom stereocenters. The molecule has 0 saturated heterocycles. The first-order chi connectivity index (χ1) is 16.1. The molecule has 176 valence electrons. The van der Waals surface area contributed by atoms with Crippen molar-refractivity contribution < 1.29 is 27.5 Å². The van der Waals surface area contributed by atoms with Crippen LogP contribution in [0.15, 0.2) is 80.6 Å². The first kappa shape index (κ1) is 25.0. The summed E-state index contributed by atoms with van der Waals surface area (Å²) in [6, 6.07) is 14.5. The minimum atomic E-state index is -4.34. The van der Waals surface area contributed by atoms with E-state index in [1.807, 2.05) is 6.07 Å². The van der Waals surface area contributed by atoms with Crippen molar-refractivity contribution in [2.45, 2.75) is 10.8 Å². The number of sulfonamides is 1. The molecule has 1 aliphatic rings. The number of nitriles is 1. The van der Waals surface area contributed by atoms with Gasteiger partial charge in [0.15, 0.2) is 0 Å². The Morgan fingerprint density at radius 3 is 2.21 bits per heavy atom. The lowest BCUT2D eigenvalue weighted by Crippen LogP contribution is -2.41. The summed E-state index contributed by atoms with van der Waals surface area (Å²) >= 11 is 3.26. The van der Waals surface area contributed by atoms with Crippen LogP contribution in [0.25, 0.3) is 0 Å². The molecule has 10 nitrogen and oxygen atoms in total. The molecule has 1 heterocycles. The van der Waals surface area contributed by atoms with Crippen LogP contribution < -0.4 is 15.8 Å². The number of ether oxygens (including phenoxy) is 2. The number of benzene rings is 2. The first-order valence-corrected chi connectivity index (χ1v) is 11.9. The van der Waals surface area contributed by atoms with Gasteiger partial charge in [-0.1, -0.05) is 36.4 Å². The van der Waals surface area contributed by atoms with Crippen LogP contribution in [0.3, 0.4) is 0 Å². The largest absolute Gasteiger partial charge is 0.466 e. The average Bonchev–Trinajstić information content (AvgIpc) is 2.82. The van der Waals surface area contributed by atoms with Crippen molar-refractivity contribution in [3.8, 4) is 6.07 Å². The van der Waals surface area contributed by atoms with E-state index in [-0.39, 0.29) is 27.1 Å². The fourth-order valence-electron chi connectivity index (χ4n) is 3.69. The molecule has 0 fully saturated rings. The topological polar surface area (TPSA) is 166 Å². The Hall–Kier alpha value is -3.66. The fraction of sp³-hybridized carbons (Fsp3) is 0.136. The number of carbonyl (C=O) groups is 2. The molecule has 3 rings (SSSR count). The average molecular weight is 547 g/mol. The number of methoxy groups -OCH3 is 2. The number of nitrogens with zero attached hydrogens (tertiary/aromatic N) is 2. The maximum absolute atomic E-state index is 13.1. The lowest BCUT2D eigenvalue weighted by molar-refractivity contribution is -0.139. The normalized spacial score (nSPS) is 16.2. The Kier molecular flexibility index (Phi) is 7.11. The Balaban J connectivity index is 2.54. The van der Waals surface area contributed by atoms with Gasteiger partial charge in [0.1, 0.15) is 16.4 Å². The number of rotatable bonds is 5. The number of carbonyl (C=O) groups excluding carboxylic acids is 2. The summed E-state index contributed by atoms with van der Waals surface area (Å²) in [4.78, 5) is 26.7. The molecule has 2 aromatic rings. The van der Waals surface area contributed by atoms with E-state index in [4.69, 9.17) is 20.3 Å². The third-order valence-corrected chi connectivity index (χ3v) is 6.67. The van der Waals surface area contributed by atoms with Crippen molar-refractivity contribution >= 4 is 43.6 Å². The van der Waals surface area contributed by atoms with Crippen molar-refractivity contribution in [1.82, 2.24) is 0 Å². The maximum atomic E-state index is 13.1. The van der Waals surface area contributed by atoms with Crippen molar-refractivity contribution in [2.75, 3.05) is 19.1 Å². The van der Waals surface area contributed by atoms with E-state index in [9.17, 15) is 23.3 Å². The molecule has 0 radical (unpaired) electrons. The number of primary sulfonamides is 1. The van der Waals surface area contributed by atoms with Crippen LogP contribution in [-0.2, 0) is 29.1 Å². The molecular formula is C22H19BrN4O6S. The lowest BCUT2D eigenvalue weighted by Gasteiger charge is -2.36. The van der Waals surface area contributed by atoms with Gasteiger partial charge >= 0.3 is 11.9 Å². The number of esters is 2. The Bertz CT molecular complexity index is 1380. The van der Waals surface area contributed by atoms with Crippen LogP contribution >= 0.6 is 15.9 Å². The summed E-state index contributed by atoms with van der Waals surface area (Å²) in [5.74, 6) is -3.34. The molecule has 0 amide bonds. The van der Waals surface area contributed by atoms with E-state index in [0.717, 1.165) is 19.1 Å². The number of hydrogen-bond acceptors (Lipinski definition) is 9. The third-order valence-electron chi connectivity index (χ3n) is 5.09. The van der Waals surface area contributed by atoms with E-state index < -0.39 is 38.5 Å². The molecule has 0 spiro atoms. The van der Waals surface area contributed by atoms with Crippen LogP contribution in [0, 0.1) is 11.3 Å². The van der Waals surface area contributed by atoms with E-state index in [1.165, 1.54) is 18.2 Å². The standard InChI is InChI=1S/C22H19BrN4O6S/c1-32-21(28)17-16(12-7-4-3-5-8-12)13(11-24)20(25)27(19(17)22(29)33-2)18-14(23)9-6-10-15(18)34(26,30)31/h3-10,16H,25H2,1-2H3,(H2,26,30,31).